The van der Waals surface area contributed by atoms with Crippen LogP contribution in [0.25, 0.3) is 0 Å². The maximum Gasteiger partial charge on any atom is 0.271 e. The van der Waals surface area contributed by atoms with Crippen molar-refractivity contribution in [1.29, 1.82) is 0 Å². The average Bonchev–Trinajstić information content (AvgIpc) is 2.63. The Morgan fingerprint density at radius 2 is 1.78 bits per heavy atom. The Hall–Kier alpha value is -3.42. The van der Waals surface area contributed by atoms with Gasteiger partial charge in [-0.2, -0.15) is 0 Å². The van der Waals surface area contributed by atoms with Gasteiger partial charge in [0.2, 0.25) is 11.8 Å². The molecule has 8 heteroatoms. The number of likely N-dealkylation sites (N-methyl/N-ethyl adjacent to an activating group) is 1. The number of nitrogens with zero attached hydrogens (tertiary/aromatic N) is 2. The van der Waals surface area contributed by atoms with Crippen LogP contribution in [-0.4, -0.2) is 41.8 Å². The smallest absolute Gasteiger partial charge is 0.271 e. The van der Waals surface area contributed by atoms with Gasteiger partial charge < -0.3 is 15.5 Å². The molecule has 0 saturated heterocycles. The van der Waals surface area contributed by atoms with Crippen molar-refractivity contribution in [3.8, 4) is 0 Å². The Morgan fingerprint density at radius 1 is 1.11 bits per heavy atom. The molecule has 0 aliphatic carbocycles. The first kappa shape index (κ1) is 19.9. The molecule has 0 heterocycles. The first-order chi connectivity index (χ1) is 12.8. The van der Waals surface area contributed by atoms with E-state index in [1.54, 1.807) is 39.2 Å². The molecule has 0 spiro atoms. The van der Waals surface area contributed by atoms with Gasteiger partial charge in [-0.05, 0) is 30.7 Å². The van der Waals surface area contributed by atoms with Crippen LogP contribution in [0.1, 0.15) is 12.5 Å². The van der Waals surface area contributed by atoms with Crippen molar-refractivity contribution in [2.75, 3.05) is 24.7 Å². The van der Waals surface area contributed by atoms with Crippen LogP contribution in [0.15, 0.2) is 48.5 Å². The zero-order valence-corrected chi connectivity index (χ0v) is 15.4. The summed E-state index contributed by atoms with van der Waals surface area (Å²) in [6.07, 6.45) is 0.316. The minimum atomic E-state index is -0.557. The Labute approximate surface area is 157 Å². The first-order valence-corrected chi connectivity index (χ1v) is 8.37. The van der Waals surface area contributed by atoms with Crippen molar-refractivity contribution >= 4 is 28.9 Å². The van der Waals surface area contributed by atoms with E-state index >= 15 is 0 Å². The van der Waals surface area contributed by atoms with Crippen molar-refractivity contribution < 1.29 is 14.5 Å². The Bertz CT molecular complexity index is 834. The number of hydrogen-bond donors (Lipinski definition) is 2. The van der Waals surface area contributed by atoms with Gasteiger partial charge in [-0.25, -0.2) is 0 Å². The molecule has 8 nitrogen and oxygen atoms in total. The van der Waals surface area contributed by atoms with E-state index in [2.05, 4.69) is 10.6 Å². The standard InChI is InChI=1S/C19H22N4O4/c1-13(19(25)21-16-5-4-6-17(12-16)23(26)27)20-15-9-7-14(8-10-15)11-18(24)22(2)3/h4-10,12-13,20H,11H2,1-3H3,(H,21,25)/t13-/m1/s1. The van der Waals surface area contributed by atoms with Crippen molar-refractivity contribution in [2.45, 2.75) is 19.4 Å². The zero-order chi connectivity index (χ0) is 20.0. The molecule has 27 heavy (non-hydrogen) atoms. The average molecular weight is 370 g/mol. The number of nitro groups is 1. The quantitative estimate of drug-likeness (QED) is 0.576. The summed E-state index contributed by atoms with van der Waals surface area (Å²) < 4.78 is 0. The molecule has 0 saturated carbocycles. The highest BCUT2D eigenvalue weighted by atomic mass is 16.6. The minimum Gasteiger partial charge on any atom is -0.374 e. The molecule has 0 unspecified atom stereocenters. The highest BCUT2D eigenvalue weighted by Gasteiger charge is 2.14. The van der Waals surface area contributed by atoms with Crippen LogP contribution in [0.3, 0.4) is 0 Å². The van der Waals surface area contributed by atoms with Crippen molar-refractivity contribution in [3.05, 3.63) is 64.2 Å². The number of amides is 2. The fraction of sp³-hybridized carbons (Fsp3) is 0.263. The number of hydrogen-bond acceptors (Lipinski definition) is 5. The summed E-state index contributed by atoms with van der Waals surface area (Å²) >= 11 is 0. The number of non-ortho nitro benzene ring substituents is 1. The predicted octanol–water partition coefficient (Wildman–Crippen LogP) is 2.66. The number of rotatable bonds is 7. The van der Waals surface area contributed by atoms with E-state index in [0.29, 0.717) is 12.1 Å². The van der Waals surface area contributed by atoms with Gasteiger partial charge in [0.05, 0.1) is 11.3 Å². The molecule has 0 bridgehead atoms. The van der Waals surface area contributed by atoms with Crippen LogP contribution in [0.4, 0.5) is 17.1 Å². The normalized spacial score (nSPS) is 11.4. The van der Waals surface area contributed by atoms with E-state index in [1.807, 2.05) is 12.1 Å². The zero-order valence-electron chi connectivity index (χ0n) is 15.4. The molecular weight excluding hydrogens is 348 g/mol. The lowest BCUT2D eigenvalue weighted by Crippen LogP contribution is -2.31. The van der Waals surface area contributed by atoms with E-state index in [-0.39, 0.29) is 17.5 Å². The molecule has 0 aromatic heterocycles. The fourth-order valence-electron chi connectivity index (χ4n) is 2.31. The van der Waals surface area contributed by atoms with Gasteiger partial charge in [-0.1, -0.05) is 18.2 Å². The van der Waals surface area contributed by atoms with Gasteiger partial charge in [0.15, 0.2) is 0 Å². The highest BCUT2D eigenvalue weighted by molar-refractivity contribution is 5.96. The van der Waals surface area contributed by atoms with E-state index < -0.39 is 11.0 Å². The maximum absolute atomic E-state index is 12.3. The second-order valence-electron chi connectivity index (χ2n) is 6.32. The van der Waals surface area contributed by atoms with Gasteiger partial charge in [0.25, 0.3) is 5.69 Å². The first-order valence-electron chi connectivity index (χ1n) is 8.37. The van der Waals surface area contributed by atoms with E-state index in [4.69, 9.17) is 0 Å². The molecular formula is C19H22N4O4. The summed E-state index contributed by atoms with van der Waals surface area (Å²) in [7, 11) is 3.42. The van der Waals surface area contributed by atoms with Crippen molar-refractivity contribution in [1.82, 2.24) is 4.90 Å². The van der Waals surface area contributed by atoms with Gasteiger partial charge in [0, 0.05) is 37.6 Å². The number of anilines is 2. The largest absolute Gasteiger partial charge is 0.374 e. The van der Waals surface area contributed by atoms with Gasteiger partial charge in [0.1, 0.15) is 6.04 Å². The Kier molecular flexibility index (Phi) is 6.48. The van der Waals surface area contributed by atoms with Gasteiger partial charge >= 0.3 is 0 Å². The molecule has 2 N–H and O–H groups in total. The lowest BCUT2D eigenvalue weighted by molar-refractivity contribution is -0.384. The topological polar surface area (TPSA) is 105 Å². The SMILES string of the molecule is C[C@@H](Nc1ccc(CC(=O)N(C)C)cc1)C(=O)Nc1cccc([N+](=O)[O-])c1. The third kappa shape index (κ3) is 5.81. The summed E-state index contributed by atoms with van der Waals surface area (Å²) in [5, 5.41) is 16.5. The van der Waals surface area contributed by atoms with Crippen LogP contribution in [0, 0.1) is 10.1 Å². The lowest BCUT2D eigenvalue weighted by Gasteiger charge is -2.16. The molecule has 2 rings (SSSR count). The molecule has 142 valence electrons. The van der Waals surface area contributed by atoms with Crippen LogP contribution in [0.2, 0.25) is 0 Å². The number of carbonyl (C=O) groups excluding carboxylic acids is 2. The van der Waals surface area contributed by atoms with E-state index in [1.165, 1.54) is 23.1 Å². The fourth-order valence-corrected chi connectivity index (χ4v) is 2.31. The monoisotopic (exact) mass is 370 g/mol. The van der Waals surface area contributed by atoms with Crippen molar-refractivity contribution in [2.24, 2.45) is 0 Å². The Morgan fingerprint density at radius 3 is 2.37 bits per heavy atom. The second-order valence-corrected chi connectivity index (χ2v) is 6.32. The minimum absolute atomic E-state index is 0.0143. The summed E-state index contributed by atoms with van der Waals surface area (Å²) in [4.78, 5) is 35.8. The van der Waals surface area contributed by atoms with Crippen molar-refractivity contribution in [3.63, 3.8) is 0 Å². The van der Waals surface area contributed by atoms with E-state index in [9.17, 15) is 19.7 Å². The number of benzene rings is 2. The molecule has 2 amide bonds. The molecule has 0 aliphatic heterocycles. The summed E-state index contributed by atoms with van der Waals surface area (Å²) in [6, 6.07) is 12.5. The number of carbonyl (C=O) groups is 2. The summed E-state index contributed by atoms with van der Waals surface area (Å²) in [5.74, 6) is -0.303. The predicted molar refractivity (Wildman–Crippen MR) is 104 cm³/mol. The summed E-state index contributed by atoms with van der Waals surface area (Å²) in [5.41, 5.74) is 1.89. The number of nitrogens with one attached hydrogen (secondary N) is 2. The molecule has 0 aliphatic rings. The van der Waals surface area contributed by atoms with E-state index in [0.717, 1.165) is 11.3 Å². The number of nitro benzene ring substituents is 1. The van der Waals surface area contributed by atoms with Crippen LogP contribution in [0.5, 0.6) is 0 Å². The van der Waals surface area contributed by atoms with Crippen LogP contribution < -0.4 is 10.6 Å². The third-order valence-corrected chi connectivity index (χ3v) is 3.91. The maximum atomic E-state index is 12.3. The highest BCUT2D eigenvalue weighted by Crippen LogP contribution is 2.18. The Balaban J connectivity index is 1.95. The summed E-state index contributed by atoms with van der Waals surface area (Å²) in [6.45, 7) is 1.69. The van der Waals surface area contributed by atoms with Crippen LogP contribution >= 0.6 is 0 Å². The lowest BCUT2D eigenvalue weighted by atomic mass is 10.1. The molecule has 1 atom stereocenters. The molecule has 2 aromatic rings. The van der Waals surface area contributed by atoms with Gasteiger partial charge in [-0.15, -0.1) is 0 Å². The third-order valence-electron chi connectivity index (χ3n) is 3.91. The molecule has 0 fully saturated rings. The molecule has 0 radical (unpaired) electrons. The molecule has 2 aromatic carbocycles. The second kappa shape index (κ2) is 8.79. The van der Waals surface area contributed by atoms with Gasteiger partial charge in [-0.3, -0.25) is 19.7 Å². The van der Waals surface area contributed by atoms with Crippen LogP contribution in [-0.2, 0) is 16.0 Å².